The molecule has 0 atom stereocenters. The lowest BCUT2D eigenvalue weighted by atomic mass is 9.83. The molecule has 15 heavy (non-hydrogen) atoms. The molecule has 0 aliphatic heterocycles. The summed E-state index contributed by atoms with van der Waals surface area (Å²) >= 11 is 0. The van der Waals surface area contributed by atoms with E-state index in [1.54, 1.807) is 0 Å². The van der Waals surface area contributed by atoms with Gasteiger partial charge in [0.25, 0.3) is 0 Å². The molecule has 1 rings (SSSR count). The summed E-state index contributed by atoms with van der Waals surface area (Å²) in [5.41, 5.74) is 7.65. The van der Waals surface area contributed by atoms with Crippen molar-refractivity contribution in [3.05, 3.63) is 0 Å². The highest BCUT2D eigenvalue weighted by Gasteiger charge is 2.17. The van der Waals surface area contributed by atoms with Crippen LogP contribution in [0.5, 0.6) is 0 Å². The van der Waals surface area contributed by atoms with Crippen LogP contribution in [0.15, 0.2) is 0 Å². The highest BCUT2D eigenvalue weighted by molar-refractivity contribution is 4.73. The highest BCUT2D eigenvalue weighted by atomic mass is 14.6. The summed E-state index contributed by atoms with van der Waals surface area (Å²) in [6.07, 6.45) is 15.0. The van der Waals surface area contributed by atoms with Crippen LogP contribution in [0, 0.1) is 5.92 Å². The molecule has 1 saturated carbocycles. The Morgan fingerprint density at radius 1 is 0.867 bits per heavy atom. The summed E-state index contributed by atoms with van der Waals surface area (Å²) in [6.45, 7) is 2.28. The van der Waals surface area contributed by atoms with Crippen LogP contribution in [0.2, 0.25) is 0 Å². The first kappa shape index (κ1) is 13.0. The molecule has 0 saturated heterocycles. The van der Waals surface area contributed by atoms with Gasteiger partial charge < -0.3 is 0 Å². The van der Waals surface area contributed by atoms with Gasteiger partial charge >= 0.3 is 0 Å². The first-order valence-electron chi connectivity index (χ1n) is 7.04. The zero-order valence-corrected chi connectivity index (χ0v) is 10.4. The molecule has 0 amide bonds. The van der Waals surface area contributed by atoms with Crippen LogP contribution in [0.25, 0.3) is 0 Å². The minimum absolute atomic E-state index is 0.269. The predicted molar refractivity (Wildman–Crippen MR) is 66.8 cm³/mol. The van der Waals surface area contributed by atoms with Crippen LogP contribution in [0.3, 0.4) is 0 Å². The van der Waals surface area contributed by atoms with E-state index in [2.05, 4.69) is 6.92 Å². The highest BCUT2D eigenvalue weighted by Crippen LogP contribution is 2.28. The molecule has 89 valence electrons. The maximum absolute atomic E-state index is 7.65. The molecule has 1 aliphatic rings. The second-order valence-corrected chi connectivity index (χ2v) is 5.27. The van der Waals surface area contributed by atoms with E-state index in [0.29, 0.717) is 0 Å². The van der Waals surface area contributed by atoms with Gasteiger partial charge in [-0.25, -0.2) is 0 Å². The molecule has 0 heterocycles. The van der Waals surface area contributed by atoms with Crippen LogP contribution in [-0.2, 0) is 0 Å². The van der Waals surface area contributed by atoms with Crippen molar-refractivity contribution in [2.45, 2.75) is 83.6 Å². The maximum atomic E-state index is 7.65. The minimum Gasteiger partial charge on any atom is -0.255 e. The molecule has 1 N–H and O–H groups in total. The van der Waals surface area contributed by atoms with E-state index in [4.69, 9.17) is 5.73 Å². The van der Waals surface area contributed by atoms with E-state index >= 15 is 0 Å². The molecule has 0 unspecified atom stereocenters. The smallest absolute Gasteiger partial charge is 0.0213 e. The fourth-order valence-corrected chi connectivity index (χ4v) is 2.66. The molecule has 1 nitrogen and oxygen atoms in total. The summed E-state index contributed by atoms with van der Waals surface area (Å²) in [4.78, 5) is 0. The van der Waals surface area contributed by atoms with E-state index in [0.717, 1.165) is 5.92 Å². The van der Waals surface area contributed by atoms with Crippen molar-refractivity contribution in [1.82, 2.24) is 5.73 Å². The van der Waals surface area contributed by atoms with Crippen molar-refractivity contribution >= 4 is 0 Å². The molecule has 0 aromatic heterocycles. The van der Waals surface area contributed by atoms with E-state index in [9.17, 15) is 0 Å². The molecule has 0 aromatic rings. The zero-order valence-electron chi connectivity index (χ0n) is 10.4. The van der Waals surface area contributed by atoms with E-state index < -0.39 is 0 Å². The number of rotatable bonds is 7. The summed E-state index contributed by atoms with van der Waals surface area (Å²) in [5.74, 6) is 0.970. The van der Waals surface area contributed by atoms with Gasteiger partial charge in [-0.2, -0.15) is 0 Å². The minimum atomic E-state index is 0.269. The standard InChI is InChI=1S/C14H28N/c1-2-3-4-5-6-7-8-13-9-11-14(15)12-10-13/h13-15H,2-12H2,1H3/t13-,14+. The predicted octanol–water partition coefficient (Wildman–Crippen LogP) is 4.58. The molecular formula is C14H28N. The largest absolute Gasteiger partial charge is 0.255 e. The third-order valence-electron chi connectivity index (χ3n) is 3.81. The second-order valence-electron chi connectivity index (χ2n) is 5.27. The van der Waals surface area contributed by atoms with Crippen LogP contribution in [0.1, 0.15) is 77.6 Å². The Morgan fingerprint density at radius 3 is 2.13 bits per heavy atom. The second kappa shape index (κ2) is 8.15. The van der Waals surface area contributed by atoms with Gasteiger partial charge in [0.2, 0.25) is 0 Å². The lowest BCUT2D eigenvalue weighted by Crippen LogP contribution is -2.19. The number of hydrogen-bond acceptors (Lipinski definition) is 0. The van der Waals surface area contributed by atoms with Crippen LogP contribution in [-0.4, -0.2) is 6.04 Å². The quantitative estimate of drug-likeness (QED) is 0.549. The van der Waals surface area contributed by atoms with Gasteiger partial charge in [0.05, 0.1) is 0 Å². The molecule has 0 aromatic carbocycles. The van der Waals surface area contributed by atoms with E-state index in [1.165, 1.54) is 70.6 Å². The van der Waals surface area contributed by atoms with Crippen molar-refractivity contribution in [3.8, 4) is 0 Å². The van der Waals surface area contributed by atoms with Crippen LogP contribution >= 0.6 is 0 Å². The van der Waals surface area contributed by atoms with Crippen molar-refractivity contribution in [2.75, 3.05) is 0 Å². The Labute approximate surface area is 95.8 Å². The summed E-state index contributed by atoms with van der Waals surface area (Å²) in [6, 6.07) is 0.269. The van der Waals surface area contributed by atoms with Crippen molar-refractivity contribution in [3.63, 3.8) is 0 Å². The van der Waals surface area contributed by atoms with Gasteiger partial charge in [-0.3, -0.25) is 5.73 Å². The van der Waals surface area contributed by atoms with Crippen molar-refractivity contribution in [1.29, 1.82) is 0 Å². The molecule has 1 fully saturated rings. The van der Waals surface area contributed by atoms with Crippen LogP contribution < -0.4 is 5.73 Å². The van der Waals surface area contributed by atoms with Crippen molar-refractivity contribution in [2.24, 2.45) is 5.92 Å². The molecule has 0 spiro atoms. The average molecular weight is 210 g/mol. The number of nitrogens with one attached hydrogen (secondary N) is 1. The molecule has 1 radical (unpaired) electrons. The molecule has 0 bridgehead atoms. The Bertz CT molecular complexity index is 136. The SMILES string of the molecule is CCCCCCCC[C@H]1CC[C@@H]([NH])CC1. The lowest BCUT2D eigenvalue weighted by Gasteiger charge is -2.25. The zero-order chi connectivity index (χ0) is 10.9. The van der Waals surface area contributed by atoms with Gasteiger partial charge in [-0.1, -0.05) is 51.9 Å². The Balaban J connectivity index is 1.87. The summed E-state index contributed by atoms with van der Waals surface area (Å²) < 4.78 is 0. The maximum Gasteiger partial charge on any atom is 0.0213 e. The first-order chi connectivity index (χ1) is 7.33. The monoisotopic (exact) mass is 210 g/mol. The van der Waals surface area contributed by atoms with Crippen LogP contribution in [0.4, 0.5) is 0 Å². The fourth-order valence-electron chi connectivity index (χ4n) is 2.66. The number of hydrogen-bond donors (Lipinski definition) is 0. The van der Waals surface area contributed by atoms with Gasteiger partial charge in [-0.05, 0) is 31.6 Å². The first-order valence-corrected chi connectivity index (χ1v) is 7.04. The summed E-state index contributed by atoms with van der Waals surface area (Å²) in [7, 11) is 0. The van der Waals surface area contributed by atoms with Crippen molar-refractivity contribution < 1.29 is 0 Å². The van der Waals surface area contributed by atoms with Gasteiger partial charge in [0.1, 0.15) is 0 Å². The molecule has 1 heteroatoms. The topological polar surface area (TPSA) is 23.8 Å². The Morgan fingerprint density at radius 2 is 1.47 bits per heavy atom. The van der Waals surface area contributed by atoms with Gasteiger partial charge in [-0.15, -0.1) is 0 Å². The van der Waals surface area contributed by atoms with Gasteiger partial charge in [0, 0.05) is 6.04 Å². The van der Waals surface area contributed by atoms with E-state index in [-0.39, 0.29) is 6.04 Å². The molecule has 1 aliphatic carbocycles. The third kappa shape index (κ3) is 6.19. The normalized spacial score (nSPS) is 26.8. The van der Waals surface area contributed by atoms with Gasteiger partial charge in [0.15, 0.2) is 0 Å². The average Bonchev–Trinajstić information content (AvgIpc) is 2.26. The third-order valence-corrected chi connectivity index (χ3v) is 3.81. The number of unbranched alkanes of at least 4 members (excludes halogenated alkanes) is 5. The Kier molecular flexibility index (Phi) is 7.08. The lowest BCUT2D eigenvalue weighted by molar-refractivity contribution is 0.298. The Hall–Kier alpha value is -0.0400. The fraction of sp³-hybridized carbons (Fsp3) is 1.00. The molecular weight excluding hydrogens is 182 g/mol. The van der Waals surface area contributed by atoms with E-state index in [1.807, 2.05) is 0 Å². The summed E-state index contributed by atoms with van der Waals surface area (Å²) in [5, 5.41) is 0.